The van der Waals surface area contributed by atoms with Crippen molar-refractivity contribution in [2.75, 3.05) is 14.1 Å². The largest absolute Gasteiger partial charge is 0.347 e. The van der Waals surface area contributed by atoms with Crippen LogP contribution < -0.4 is 5.32 Å². The number of thiophene rings is 1. The smallest absolute Gasteiger partial charge is 0.273 e. The summed E-state index contributed by atoms with van der Waals surface area (Å²) in [6, 6.07) is 3.47. The summed E-state index contributed by atoms with van der Waals surface area (Å²) in [6.07, 6.45) is 1.45. The zero-order valence-corrected chi connectivity index (χ0v) is 14.0. The number of nitrogens with zero attached hydrogens (tertiary/aromatic N) is 4. The van der Waals surface area contributed by atoms with Crippen molar-refractivity contribution in [3.05, 3.63) is 33.2 Å². The standard InChI is InChI=1S/C13H16ClN5O2S/c1-8(10-4-5-11(14)22-10)15-13(21)9-6-19(17-16-9)7-12(20)18(2)3/h4-6,8H,7H2,1-3H3,(H,15,21)/t8-/m0/s1. The lowest BCUT2D eigenvalue weighted by Gasteiger charge is -2.10. The highest BCUT2D eigenvalue weighted by Gasteiger charge is 2.17. The van der Waals surface area contributed by atoms with Crippen molar-refractivity contribution >= 4 is 34.8 Å². The molecular formula is C13H16ClN5O2S. The predicted molar refractivity (Wildman–Crippen MR) is 83.9 cm³/mol. The molecule has 0 spiro atoms. The lowest BCUT2D eigenvalue weighted by atomic mass is 10.2. The van der Waals surface area contributed by atoms with Gasteiger partial charge in [0.1, 0.15) is 6.54 Å². The molecule has 0 radical (unpaired) electrons. The zero-order chi connectivity index (χ0) is 16.3. The van der Waals surface area contributed by atoms with E-state index < -0.39 is 0 Å². The van der Waals surface area contributed by atoms with Crippen LogP contribution in [0.1, 0.15) is 28.3 Å². The van der Waals surface area contributed by atoms with E-state index in [2.05, 4.69) is 15.6 Å². The maximum absolute atomic E-state index is 12.1. The summed E-state index contributed by atoms with van der Waals surface area (Å²) in [5.74, 6) is -0.473. The van der Waals surface area contributed by atoms with Gasteiger partial charge in [-0.1, -0.05) is 16.8 Å². The van der Waals surface area contributed by atoms with Gasteiger partial charge in [0.2, 0.25) is 5.91 Å². The first-order valence-electron chi connectivity index (χ1n) is 6.53. The molecule has 9 heteroatoms. The van der Waals surface area contributed by atoms with Crippen molar-refractivity contribution in [2.45, 2.75) is 19.5 Å². The first kappa shape index (κ1) is 16.4. The lowest BCUT2D eigenvalue weighted by Crippen LogP contribution is -2.27. The summed E-state index contributed by atoms with van der Waals surface area (Å²) in [6.45, 7) is 1.91. The number of aromatic nitrogens is 3. The third-order valence-electron chi connectivity index (χ3n) is 2.94. The molecule has 0 aliphatic rings. The molecule has 1 atom stereocenters. The Morgan fingerprint density at radius 1 is 1.45 bits per heavy atom. The molecule has 22 heavy (non-hydrogen) atoms. The first-order valence-corrected chi connectivity index (χ1v) is 7.72. The Morgan fingerprint density at radius 3 is 2.77 bits per heavy atom. The molecule has 2 rings (SSSR count). The molecule has 2 aromatic heterocycles. The number of likely N-dealkylation sites (N-methyl/N-ethyl adjacent to an activating group) is 1. The first-order chi connectivity index (χ1) is 10.4. The Hall–Kier alpha value is -1.93. The van der Waals surface area contributed by atoms with Crippen molar-refractivity contribution in [3.63, 3.8) is 0 Å². The molecule has 7 nitrogen and oxygen atoms in total. The Labute approximate surface area is 136 Å². The molecule has 0 aromatic carbocycles. The molecule has 0 saturated carbocycles. The van der Waals surface area contributed by atoms with Gasteiger partial charge in [0, 0.05) is 19.0 Å². The summed E-state index contributed by atoms with van der Waals surface area (Å²) in [5, 5.41) is 10.4. The van der Waals surface area contributed by atoms with E-state index in [1.807, 2.05) is 13.0 Å². The van der Waals surface area contributed by atoms with Crippen LogP contribution in [0.2, 0.25) is 4.34 Å². The molecule has 0 fully saturated rings. The van der Waals surface area contributed by atoms with Crippen LogP contribution in [-0.2, 0) is 11.3 Å². The van der Waals surface area contributed by atoms with Gasteiger partial charge in [0.25, 0.3) is 5.91 Å². The van der Waals surface area contributed by atoms with Gasteiger partial charge >= 0.3 is 0 Å². The van der Waals surface area contributed by atoms with Crippen molar-refractivity contribution in [1.82, 2.24) is 25.2 Å². The van der Waals surface area contributed by atoms with Crippen LogP contribution in [0.5, 0.6) is 0 Å². The highest BCUT2D eigenvalue weighted by atomic mass is 35.5. The minimum absolute atomic E-state index is 0.0450. The minimum Gasteiger partial charge on any atom is -0.347 e. The Kier molecular flexibility index (Phi) is 5.15. The topological polar surface area (TPSA) is 80.1 Å². The Balaban J connectivity index is 1.98. The van der Waals surface area contributed by atoms with Crippen molar-refractivity contribution < 1.29 is 9.59 Å². The van der Waals surface area contributed by atoms with Crippen LogP contribution in [0.4, 0.5) is 0 Å². The predicted octanol–water partition coefficient (Wildman–Crippen LogP) is 1.57. The molecule has 0 unspecified atom stereocenters. The zero-order valence-electron chi connectivity index (χ0n) is 12.4. The third kappa shape index (κ3) is 4.05. The Morgan fingerprint density at radius 2 is 2.18 bits per heavy atom. The fourth-order valence-electron chi connectivity index (χ4n) is 1.66. The highest BCUT2D eigenvalue weighted by Crippen LogP contribution is 2.26. The van der Waals surface area contributed by atoms with Crippen LogP contribution in [-0.4, -0.2) is 45.8 Å². The normalized spacial score (nSPS) is 12.0. The van der Waals surface area contributed by atoms with E-state index in [1.165, 1.54) is 27.1 Å². The van der Waals surface area contributed by atoms with E-state index in [-0.39, 0.29) is 30.1 Å². The SMILES string of the molecule is C[C@H](NC(=O)c1cn(CC(=O)N(C)C)nn1)c1ccc(Cl)s1. The number of hydrogen-bond acceptors (Lipinski definition) is 5. The number of nitrogens with one attached hydrogen (secondary N) is 1. The fraction of sp³-hybridized carbons (Fsp3) is 0.385. The quantitative estimate of drug-likeness (QED) is 0.895. The van der Waals surface area contributed by atoms with Gasteiger partial charge in [-0.15, -0.1) is 16.4 Å². The number of carbonyl (C=O) groups excluding carboxylic acids is 2. The van der Waals surface area contributed by atoms with Crippen LogP contribution in [0.15, 0.2) is 18.3 Å². The van der Waals surface area contributed by atoms with Gasteiger partial charge in [-0.25, -0.2) is 4.68 Å². The molecule has 118 valence electrons. The summed E-state index contributed by atoms with van der Waals surface area (Å²) in [7, 11) is 3.31. The second-order valence-corrected chi connectivity index (χ2v) is 6.67. The van der Waals surface area contributed by atoms with Crippen molar-refractivity contribution in [1.29, 1.82) is 0 Å². The summed E-state index contributed by atoms with van der Waals surface area (Å²) >= 11 is 7.29. The van der Waals surface area contributed by atoms with Crippen LogP contribution in [0.25, 0.3) is 0 Å². The van der Waals surface area contributed by atoms with Crippen LogP contribution >= 0.6 is 22.9 Å². The third-order valence-corrected chi connectivity index (χ3v) is 4.35. The monoisotopic (exact) mass is 341 g/mol. The van der Waals surface area contributed by atoms with Crippen LogP contribution in [0.3, 0.4) is 0 Å². The van der Waals surface area contributed by atoms with Crippen LogP contribution in [0, 0.1) is 0 Å². The molecular weight excluding hydrogens is 326 g/mol. The van der Waals surface area contributed by atoms with Gasteiger partial charge in [-0.2, -0.15) is 0 Å². The number of rotatable bonds is 5. The molecule has 0 aliphatic carbocycles. The second kappa shape index (κ2) is 6.89. The second-order valence-electron chi connectivity index (χ2n) is 4.93. The highest BCUT2D eigenvalue weighted by molar-refractivity contribution is 7.16. The van der Waals surface area contributed by atoms with Gasteiger partial charge in [0.15, 0.2) is 5.69 Å². The average Bonchev–Trinajstić information content (AvgIpc) is 3.07. The average molecular weight is 342 g/mol. The van der Waals surface area contributed by atoms with E-state index in [9.17, 15) is 9.59 Å². The number of hydrogen-bond donors (Lipinski definition) is 1. The van der Waals surface area contributed by atoms with E-state index in [0.29, 0.717) is 4.34 Å². The lowest BCUT2D eigenvalue weighted by molar-refractivity contribution is -0.129. The molecule has 2 heterocycles. The van der Waals surface area contributed by atoms with Crippen molar-refractivity contribution in [2.24, 2.45) is 0 Å². The summed E-state index contributed by atoms with van der Waals surface area (Å²) < 4.78 is 2.01. The van der Waals surface area contributed by atoms with E-state index in [1.54, 1.807) is 20.2 Å². The molecule has 1 N–H and O–H groups in total. The minimum atomic E-state index is -0.347. The van der Waals surface area contributed by atoms with E-state index in [4.69, 9.17) is 11.6 Å². The molecule has 0 bridgehead atoms. The van der Waals surface area contributed by atoms with E-state index in [0.717, 1.165) is 4.88 Å². The summed E-state index contributed by atoms with van der Waals surface area (Å²) in [4.78, 5) is 26.1. The maximum atomic E-state index is 12.1. The molecule has 0 aliphatic heterocycles. The van der Waals surface area contributed by atoms with Gasteiger partial charge in [0.05, 0.1) is 16.6 Å². The molecule has 0 saturated heterocycles. The molecule has 2 amide bonds. The molecule has 2 aromatic rings. The summed E-state index contributed by atoms with van der Waals surface area (Å²) in [5.41, 5.74) is 0.168. The number of halogens is 1. The van der Waals surface area contributed by atoms with Gasteiger partial charge in [-0.05, 0) is 19.1 Å². The van der Waals surface area contributed by atoms with Gasteiger partial charge in [-0.3, -0.25) is 9.59 Å². The number of amides is 2. The van der Waals surface area contributed by atoms with Crippen molar-refractivity contribution in [3.8, 4) is 0 Å². The van der Waals surface area contributed by atoms with E-state index >= 15 is 0 Å². The maximum Gasteiger partial charge on any atom is 0.273 e. The number of carbonyl (C=O) groups is 2. The fourth-order valence-corrected chi connectivity index (χ4v) is 2.73. The Bertz CT molecular complexity index is 682. The van der Waals surface area contributed by atoms with Gasteiger partial charge < -0.3 is 10.2 Å².